The molecule has 0 aliphatic rings. The Morgan fingerprint density at radius 1 is 1.04 bits per heavy atom. The molecule has 2 rings (SSSR count). The third-order valence-electron chi connectivity index (χ3n) is 3.43. The Morgan fingerprint density at radius 2 is 1.69 bits per heavy atom. The first kappa shape index (κ1) is 19.5. The van der Waals surface area contributed by atoms with E-state index in [-0.39, 0.29) is 12.3 Å². The summed E-state index contributed by atoms with van der Waals surface area (Å²) in [4.78, 5) is 35.1. The van der Waals surface area contributed by atoms with Crippen molar-refractivity contribution >= 4 is 40.8 Å². The fourth-order valence-electron chi connectivity index (χ4n) is 2.17. The number of rotatable bonds is 6. The van der Waals surface area contributed by atoms with Crippen molar-refractivity contribution in [1.82, 2.24) is 0 Å². The van der Waals surface area contributed by atoms with Gasteiger partial charge in [0.1, 0.15) is 0 Å². The summed E-state index contributed by atoms with van der Waals surface area (Å²) in [6.07, 6.45) is -0.943. The molecule has 6 nitrogen and oxygen atoms in total. The van der Waals surface area contributed by atoms with E-state index in [2.05, 4.69) is 10.6 Å². The minimum atomic E-state index is -0.961. The molecule has 0 fully saturated rings. The number of hydrogen-bond donors (Lipinski definition) is 2. The van der Waals surface area contributed by atoms with Gasteiger partial charge in [-0.15, -0.1) is 0 Å². The molecule has 0 saturated carbocycles. The highest BCUT2D eigenvalue weighted by atomic mass is 35.5. The Kier molecular flexibility index (Phi) is 6.74. The molecule has 0 bridgehead atoms. The van der Waals surface area contributed by atoms with Crippen LogP contribution in [0.15, 0.2) is 48.5 Å². The fraction of sp³-hybridized carbons (Fsp3) is 0.211. The molecule has 2 N–H and O–H groups in total. The summed E-state index contributed by atoms with van der Waals surface area (Å²) in [5.41, 5.74) is 1.81. The zero-order valence-electron chi connectivity index (χ0n) is 14.4. The van der Waals surface area contributed by atoms with E-state index in [9.17, 15) is 14.4 Å². The average molecular weight is 375 g/mol. The summed E-state index contributed by atoms with van der Waals surface area (Å²) in [7, 11) is 0. The van der Waals surface area contributed by atoms with Crippen LogP contribution in [0.1, 0.15) is 19.4 Å². The van der Waals surface area contributed by atoms with Crippen LogP contribution in [0, 0.1) is 0 Å². The molecule has 2 aromatic carbocycles. The van der Waals surface area contributed by atoms with Gasteiger partial charge in [0, 0.05) is 12.6 Å². The van der Waals surface area contributed by atoms with Crippen molar-refractivity contribution in [2.24, 2.45) is 0 Å². The molecule has 0 aliphatic carbocycles. The fourth-order valence-corrected chi connectivity index (χ4v) is 2.35. The number of ether oxygens (including phenoxy) is 1. The normalized spacial score (nSPS) is 11.3. The second-order valence-corrected chi connectivity index (χ2v) is 6.06. The SMILES string of the molecule is CC(=O)Nc1ccc(CC(=O)O[C@@H](C)C(=O)Nc2ccccc2Cl)cc1. The maximum absolute atomic E-state index is 12.1. The smallest absolute Gasteiger partial charge is 0.311 e. The summed E-state index contributed by atoms with van der Waals surface area (Å²) in [6.45, 7) is 2.91. The number of halogens is 1. The third-order valence-corrected chi connectivity index (χ3v) is 3.76. The van der Waals surface area contributed by atoms with Gasteiger partial charge < -0.3 is 15.4 Å². The van der Waals surface area contributed by atoms with Gasteiger partial charge in [-0.25, -0.2) is 0 Å². The van der Waals surface area contributed by atoms with Crippen molar-refractivity contribution in [3.8, 4) is 0 Å². The quantitative estimate of drug-likeness (QED) is 0.759. The largest absolute Gasteiger partial charge is 0.452 e. The highest BCUT2D eigenvalue weighted by Crippen LogP contribution is 2.20. The first-order chi connectivity index (χ1) is 12.3. The molecule has 0 heterocycles. The molecule has 136 valence electrons. The van der Waals surface area contributed by atoms with E-state index >= 15 is 0 Å². The Bertz CT molecular complexity index is 805. The van der Waals surface area contributed by atoms with E-state index in [4.69, 9.17) is 16.3 Å². The van der Waals surface area contributed by atoms with Gasteiger partial charge >= 0.3 is 5.97 Å². The van der Waals surface area contributed by atoms with Crippen molar-refractivity contribution in [2.45, 2.75) is 26.4 Å². The Balaban J connectivity index is 1.87. The molecule has 0 radical (unpaired) electrons. The first-order valence-corrected chi connectivity index (χ1v) is 8.34. The standard InChI is InChI=1S/C19H19ClN2O4/c1-12(19(25)22-17-6-4-3-5-16(17)20)26-18(24)11-14-7-9-15(10-8-14)21-13(2)23/h3-10,12H,11H2,1-2H3,(H,21,23)(H,22,25)/t12-/m0/s1. The van der Waals surface area contributed by atoms with Crippen LogP contribution >= 0.6 is 11.6 Å². The number of amides is 2. The maximum atomic E-state index is 12.1. The van der Waals surface area contributed by atoms with Crippen LogP contribution in [0.25, 0.3) is 0 Å². The average Bonchev–Trinajstić information content (AvgIpc) is 2.58. The minimum Gasteiger partial charge on any atom is -0.452 e. The molecule has 2 amide bonds. The summed E-state index contributed by atoms with van der Waals surface area (Å²) >= 11 is 5.98. The zero-order valence-corrected chi connectivity index (χ0v) is 15.2. The van der Waals surface area contributed by atoms with Crippen LogP contribution in [-0.4, -0.2) is 23.9 Å². The van der Waals surface area contributed by atoms with E-state index in [1.807, 2.05) is 0 Å². The summed E-state index contributed by atoms with van der Waals surface area (Å²) in [6, 6.07) is 13.6. The van der Waals surface area contributed by atoms with Crippen LogP contribution in [-0.2, 0) is 25.5 Å². The molecule has 1 atom stereocenters. The number of nitrogens with one attached hydrogen (secondary N) is 2. The van der Waals surface area contributed by atoms with Gasteiger partial charge in [0.2, 0.25) is 5.91 Å². The van der Waals surface area contributed by atoms with Gasteiger partial charge in [-0.2, -0.15) is 0 Å². The zero-order chi connectivity index (χ0) is 19.1. The Morgan fingerprint density at radius 3 is 2.31 bits per heavy atom. The van der Waals surface area contributed by atoms with E-state index in [1.165, 1.54) is 13.8 Å². The van der Waals surface area contributed by atoms with Gasteiger partial charge in [0.05, 0.1) is 17.1 Å². The third kappa shape index (κ3) is 5.89. The summed E-state index contributed by atoms with van der Waals surface area (Å²) in [5.74, 6) is -1.16. The van der Waals surface area contributed by atoms with Crippen LogP contribution in [0.3, 0.4) is 0 Å². The van der Waals surface area contributed by atoms with E-state index in [1.54, 1.807) is 48.5 Å². The molecule has 0 unspecified atom stereocenters. The van der Waals surface area contributed by atoms with Crippen molar-refractivity contribution in [3.05, 3.63) is 59.1 Å². The first-order valence-electron chi connectivity index (χ1n) is 7.96. The lowest BCUT2D eigenvalue weighted by atomic mass is 10.1. The molecule has 0 aliphatic heterocycles. The molecule has 0 spiro atoms. The summed E-state index contributed by atoms with van der Waals surface area (Å²) < 4.78 is 5.16. The molecule has 7 heteroatoms. The lowest BCUT2D eigenvalue weighted by Crippen LogP contribution is -2.30. The highest BCUT2D eigenvalue weighted by molar-refractivity contribution is 6.33. The number of anilines is 2. The van der Waals surface area contributed by atoms with Gasteiger partial charge in [0.25, 0.3) is 5.91 Å². The van der Waals surface area contributed by atoms with E-state index < -0.39 is 18.0 Å². The lowest BCUT2D eigenvalue weighted by Gasteiger charge is -2.14. The molecule has 2 aromatic rings. The van der Waals surface area contributed by atoms with Gasteiger partial charge in [0.15, 0.2) is 6.10 Å². The lowest BCUT2D eigenvalue weighted by molar-refractivity contribution is -0.152. The van der Waals surface area contributed by atoms with Crippen LogP contribution in [0.4, 0.5) is 11.4 Å². The number of carbonyl (C=O) groups is 3. The topological polar surface area (TPSA) is 84.5 Å². The van der Waals surface area contributed by atoms with Crippen LogP contribution < -0.4 is 10.6 Å². The number of para-hydroxylation sites is 1. The second-order valence-electron chi connectivity index (χ2n) is 5.66. The number of carbonyl (C=O) groups excluding carboxylic acids is 3. The van der Waals surface area contributed by atoms with Gasteiger partial charge in [-0.1, -0.05) is 35.9 Å². The van der Waals surface area contributed by atoms with Crippen LogP contribution in [0.2, 0.25) is 5.02 Å². The van der Waals surface area contributed by atoms with E-state index in [0.29, 0.717) is 22.0 Å². The van der Waals surface area contributed by atoms with Crippen molar-refractivity contribution in [2.75, 3.05) is 10.6 Å². The van der Waals surface area contributed by atoms with Crippen molar-refractivity contribution in [3.63, 3.8) is 0 Å². The van der Waals surface area contributed by atoms with Crippen LogP contribution in [0.5, 0.6) is 0 Å². The summed E-state index contributed by atoms with van der Waals surface area (Å²) in [5, 5.41) is 5.66. The maximum Gasteiger partial charge on any atom is 0.311 e. The van der Waals surface area contributed by atoms with Crippen molar-refractivity contribution in [1.29, 1.82) is 0 Å². The predicted octanol–water partition coefficient (Wildman–Crippen LogP) is 3.41. The number of esters is 1. The Labute approximate surface area is 156 Å². The van der Waals surface area contributed by atoms with Gasteiger partial charge in [-0.3, -0.25) is 14.4 Å². The van der Waals surface area contributed by atoms with E-state index in [0.717, 1.165) is 0 Å². The van der Waals surface area contributed by atoms with Crippen molar-refractivity contribution < 1.29 is 19.1 Å². The molecular formula is C19H19ClN2O4. The monoisotopic (exact) mass is 374 g/mol. The minimum absolute atomic E-state index is 0.0179. The molecule has 0 aromatic heterocycles. The molecule has 26 heavy (non-hydrogen) atoms. The van der Waals surface area contributed by atoms with Gasteiger partial charge in [-0.05, 0) is 36.8 Å². The second kappa shape index (κ2) is 9.01. The highest BCUT2D eigenvalue weighted by Gasteiger charge is 2.19. The number of hydrogen-bond acceptors (Lipinski definition) is 4. The molecule has 0 saturated heterocycles. The molecular weight excluding hydrogens is 356 g/mol. The Hall–Kier alpha value is -2.86. The predicted molar refractivity (Wildman–Crippen MR) is 100 cm³/mol. The number of benzene rings is 2.